The number of carbonyl (C=O) groups excluding carboxylic acids is 1. The lowest BCUT2D eigenvalue weighted by Crippen LogP contribution is -2.37. The largest absolute Gasteiger partial charge is 0.468 e. The Kier molecular flexibility index (Phi) is 5.84. The lowest BCUT2D eigenvalue weighted by molar-refractivity contribution is -0.142. The number of ether oxygens (including phenoxy) is 1. The Morgan fingerprint density at radius 1 is 1.37 bits per heavy atom. The molecule has 106 valence electrons. The molecule has 0 aliphatic heterocycles. The molecule has 0 aliphatic carbocycles. The summed E-state index contributed by atoms with van der Waals surface area (Å²) in [6.45, 7) is 0. The molecule has 0 saturated heterocycles. The van der Waals surface area contributed by atoms with Crippen molar-refractivity contribution < 1.29 is 17.9 Å². The van der Waals surface area contributed by atoms with Gasteiger partial charge in [-0.1, -0.05) is 0 Å². The zero-order valence-corrected chi connectivity index (χ0v) is 12.7. The van der Waals surface area contributed by atoms with Crippen molar-refractivity contribution in [3.63, 3.8) is 0 Å². The predicted octanol–water partition coefficient (Wildman–Crippen LogP) is 0.943. The number of thioether (sulfide) groups is 1. The number of rotatable bonds is 6. The summed E-state index contributed by atoms with van der Waals surface area (Å²) in [4.78, 5) is 12.6. The normalized spacial score (nSPS) is 13.0. The molecule has 1 aromatic carbocycles. The first-order chi connectivity index (χ1) is 8.88. The summed E-state index contributed by atoms with van der Waals surface area (Å²) < 4.78 is 27.3. The van der Waals surface area contributed by atoms with Crippen LogP contribution in [0.2, 0.25) is 0 Å². The number of nitrogens with one attached hydrogen (secondary N) is 1. The van der Waals surface area contributed by atoms with E-state index >= 15 is 0 Å². The monoisotopic (exact) mass is 303 g/mol. The van der Waals surface area contributed by atoms with Crippen molar-refractivity contribution in [3.8, 4) is 0 Å². The Morgan fingerprint density at radius 2 is 1.95 bits per heavy atom. The highest BCUT2D eigenvalue weighted by molar-refractivity contribution is 7.99. The van der Waals surface area contributed by atoms with Gasteiger partial charge in [-0.2, -0.15) is 0 Å². The van der Waals surface area contributed by atoms with Gasteiger partial charge in [0.25, 0.3) is 0 Å². The van der Waals surface area contributed by atoms with Crippen LogP contribution in [-0.4, -0.2) is 46.6 Å². The lowest BCUT2D eigenvalue weighted by Gasteiger charge is -2.13. The molecule has 0 aliphatic rings. The Balaban J connectivity index is 2.66. The molecule has 1 N–H and O–H groups in total. The molecule has 1 unspecified atom stereocenters. The van der Waals surface area contributed by atoms with E-state index in [1.54, 1.807) is 31.3 Å². The molecule has 0 heterocycles. The first-order valence-electron chi connectivity index (χ1n) is 5.56. The van der Waals surface area contributed by atoms with Crippen LogP contribution in [0.3, 0.4) is 0 Å². The maximum absolute atomic E-state index is 11.4. The first-order valence-corrected chi connectivity index (χ1v) is 8.44. The van der Waals surface area contributed by atoms with Crippen molar-refractivity contribution in [2.45, 2.75) is 15.8 Å². The Hall–Kier alpha value is -1.05. The van der Waals surface area contributed by atoms with E-state index in [1.165, 1.54) is 25.1 Å². The molecule has 1 aromatic rings. The van der Waals surface area contributed by atoms with Crippen LogP contribution in [0.5, 0.6) is 0 Å². The van der Waals surface area contributed by atoms with Crippen molar-refractivity contribution in [3.05, 3.63) is 24.3 Å². The van der Waals surface area contributed by atoms with Crippen LogP contribution in [0.25, 0.3) is 0 Å². The summed E-state index contributed by atoms with van der Waals surface area (Å²) in [5, 5.41) is 2.87. The van der Waals surface area contributed by atoms with Gasteiger partial charge in [-0.3, -0.25) is 4.79 Å². The number of hydrogen-bond donors (Lipinski definition) is 1. The number of esters is 1. The second kappa shape index (κ2) is 6.93. The third-order valence-electron chi connectivity index (χ3n) is 2.50. The molecular weight excluding hydrogens is 286 g/mol. The van der Waals surface area contributed by atoms with Crippen molar-refractivity contribution in [1.29, 1.82) is 0 Å². The van der Waals surface area contributed by atoms with Crippen LogP contribution < -0.4 is 5.32 Å². The SMILES string of the molecule is CNC(CSc1ccc(S(C)(=O)=O)cc1)C(=O)OC. The van der Waals surface area contributed by atoms with E-state index in [2.05, 4.69) is 10.1 Å². The Labute approximate surface area is 117 Å². The van der Waals surface area contributed by atoms with Crippen molar-refractivity contribution in [2.75, 3.05) is 26.2 Å². The molecule has 0 aromatic heterocycles. The third kappa shape index (κ3) is 4.85. The highest BCUT2D eigenvalue weighted by Gasteiger charge is 2.17. The second-order valence-electron chi connectivity index (χ2n) is 3.92. The number of sulfone groups is 1. The number of carbonyl (C=O) groups is 1. The molecule has 0 saturated carbocycles. The predicted molar refractivity (Wildman–Crippen MR) is 75.1 cm³/mol. The Bertz CT molecular complexity index is 525. The highest BCUT2D eigenvalue weighted by atomic mass is 32.2. The molecule has 1 atom stereocenters. The highest BCUT2D eigenvalue weighted by Crippen LogP contribution is 2.21. The summed E-state index contributed by atoms with van der Waals surface area (Å²) in [5.74, 6) is 0.198. The summed E-state index contributed by atoms with van der Waals surface area (Å²) in [6.07, 6.45) is 1.17. The molecule has 7 heteroatoms. The zero-order valence-electron chi connectivity index (χ0n) is 11.0. The molecule has 0 amide bonds. The van der Waals surface area contributed by atoms with Gasteiger partial charge in [0.2, 0.25) is 0 Å². The number of hydrogen-bond acceptors (Lipinski definition) is 6. The smallest absolute Gasteiger partial charge is 0.323 e. The second-order valence-corrected chi connectivity index (χ2v) is 7.03. The van der Waals surface area contributed by atoms with Crippen LogP contribution in [-0.2, 0) is 19.4 Å². The van der Waals surface area contributed by atoms with E-state index in [0.717, 1.165) is 4.90 Å². The van der Waals surface area contributed by atoms with E-state index in [1.807, 2.05) is 0 Å². The number of benzene rings is 1. The van der Waals surface area contributed by atoms with Gasteiger partial charge in [0.1, 0.15) is 6.04 Å². The van der Waals surface area contributed by atoms with Crippen molar-refractivity contribution in [2.24, 2.45) is 0 Å². The third-order valence-corrected chi connectivity index (χ3v) is 4.74. The Morgan fingerprint density at radius 3 is 2.37 bits per heavy atom. The molecule has 0 fully saturated rings. The van der Waals surface area contributed by atoms with Gasteiger partial charge in [0, 0.05) is 16.9 Å². The minimum Gasteiger partial charge on any atom is -0.468 e. The summed E-state index contributed by atoms with van der Waals surface area (Å²) in [5.41, 5.74) is 0. The molecule has 5 nitrogen and oxygen atoms in total. The van der Waals surface area contributed by atoms with Crippen LogP contribution in [0, 0.1) is 0 Å². The van der Waals surface area contributed by atoms with Crippen LogP contribution in [0.15, 0.2) is 34.1 Å². The van der Waals surface area contributed by atoms with Gasteiger partial charge < -0.3 is 10.1 Å². The van der Waals surface area contributed by atoms with Crippen LogP contribution in [0.1, 0.15) is 0 Å². The zero-order chi connectivity index (χ0) is 14.5. The van der Waals surface area contributed by atoms with Gasteiger partial charge in [-0.05, 0) is 31.3 Å². The molecular formula is C12H17NO4S2. The standard InChI is InChI=1S/C12H17NO4S2/c1-13-11(12(14)17-2)8-18-9-4-6-10(7-5-9)19(3,15)16/h4-7,11,13H,8H2,1-3H3. The summed E-state index contributed by atoms with van der Waals surface area (Å²) >= 11 is 1.46. The molecule has 0 radical (unpaired) electrons. The molecule has 1 rings (SSSR count). The fraction of sp³-hybridized carbons (Fsp3) is 0.417. The van der Waals surface area contributed by atoms with Crippen molar-refractivity contribution in [1.82, 2.24) is 5.32 Å². The van der Waals surface area contributed by atoms with Gasteiger partial charge in [-0.15, -0.1) is 11.8 Å². The van der Waals surface area contributed by atoms with Gasteiger partial charge >= 0.3 is 5.97 Å². The van der Waals surface area contributed by atoms with E-state index < -0.39 is 9.84 Å². The van der Waals surface area contributed by atoms with E-state index in [4.69, 9.17) is 0 Å². The maximum Gasteiger partial charge on any atom is 0.323 e. The maximum atomic E-state index is 11.4. The minimum absolute atomic E-state index is 0.287. The average Bonchev–Trinajstić information content (AvgIpc) is 2.38. The quantitative estimate of drug-likeness (QED) is 0.623. The summed E-state index contributed by atoms with van der Waals surface area (Å²) in [6, 6.07) is 6.19. The van der Waals surface area contributed by atoms with Gasteiger partial charge in [0.05, 0.1) is 12.0 Å². The number of likely N-dealkylation sites (N-methyl/N-ethyl adjacent to an activating group) is 1. The van der Waals surface area contributed by atoms with Gasteiger partial charge in [0.15, 0.2) is 9.84 Å². The van der Waals surface area contributed by atoms with Gasteiger partial charge in [-0.25, -0.2) is 8.42 Å². The van der Waals surface area contributed by atoms with E-state index in [0.29, 0.717) is 5.75 Å². The van der Waals surface area contributed by atoms with Crippen molar-refractivity contribution >= 4 is 27.6 Å². The van der Waals surface area contributed by atoms with E-state index in [-0.39, 0.29) is 16.9 Å². The average molecular weight is 303 g/mol. The lowest BCUT2D eigenvalue weighted by atomic mass is 10.3. The fourth-order valence-electron chi connectivity index (χ4n) is 1.37. The first kappa shape index (κ1) is 16.0. The molecule has 0 bridgehead atoms. The fourth-order valence-corrected chi connectivity index (χ4v) is 2.99. The molecule has 0 spiro atoms. The summed E-state index contributed by atoms with van der Waals surface area (Å²) in [7, 11) is -0.134. The van der Waals surface area contributed by atoms with Crippen LogP contribution in [0.4, 0.5) is 0 Å². The molecule has 19 heavy (non-hydrogen) atoms. The topological polar surface area (TPSA) is 72.5 Å². The van der Waals surface area contributed by atoms with Crippen LogP contribution >= 0.6 is 11.8 Å². The minimum atomic E-state index is -3.17. The number of methoxy groups -OCH3 is 1. The van der Waals surface area contributed by atoms with E-state index in [9.17, 15) is 13.2 Å².